The summed E-state index contributed by atoms with van der Waals surface area (Å²) < 4.78 is 0. The van der Waals surface area contributed by atoms with E-state index in [0.29, 0.717) is 17.9 Å². The minimum absolute atomic E-state index is 0.0510. The Morgan fingerprint density at radius 3 is 2.22 bits per heavy atom. The zero-order chi connectivity index (χ0) is 17.4. The minimum atomic E-state index is -0.631. The molecular weight excluding hydrogens is 292 g/mol. The van der Waals surface area contributed by atoms with E-state index in [4.69, 9.17) is 0 Å². The predicted molar refractivity (Wildman–Crippen MR) is 91.0 cm³/mol. The van der Waals surface area contributed by atoms with Crippen molar-refractivity contribution in [2.24, 2.45) is 11.8 Å². The van der Waals surface area contributed by atoms with Crippen LogP contribution in [0.5, 0.6) is 0 Å². The van der Waals surface area contributed by atoms with Gasteiger partial charge in [0.2, 0.25) is 5.91 Å². The average Bonchev–Trinajstić information content (AvgIpc) is 2.50. The lowest BCUT2D eigenvalue weighted by molar-refractivity contribution is -0.124. The monoisotopic (exact) mass is 320 g/mol. The van der Waals surface area contributed by atoms with Crippen LogP contribution in [0, 0.1) is 11.8 Å². The third-order valence-electron chi connectivity index (χ3n) is 3.53. The fourth-order valence-electron chi connectivity index (χ4n) is 2.30. The summed E-state index contributed by atoms with van der Waals surface area (Å²) in [7, 11) is 0. The van der Waals surface area contributed by atoms with Crippen molar-refractivity contribution in [2.45, 2.75) is 46.3 Å². The fraction of sp³-hybridized carbons (Fsp3) is 0.556. The van der Waals surface area contributed by atoms with Crippen LogP contribution in [0.1, 0.15) is 44.5 Å². The maximum atomic E-state index is 12.3. The Morgan fingerprint density at radius 1 is 1.09 bits per heavy atom. The van der Waals surface area contributed by atoms with Crippen LogP contribution in [-0.2, 0) is 4.79 Å². The lowest BCUT2D eigenvalue weighted by Gasteiger charge is -2.23. The molecule has 0 radical (unpaired) electrons. The van der Waals surface area contributed by atoms with E-state index in [0.717, 1.165) is 0 Å². The molecule has 2 amide bonds. The molecule has 0 heterocycles. The molecular formula is C18H28N2O3. The molecule has 0 fully saturated rings. The minimum Gasteiger partial charge on any atom is -0.391 e. The molecule has 1 aromatic rings. The van der Waals surface area contributed by atoms with E-state index in [9.17, 15) is 14.7 Å². The summed E-state index contributed by atoms with van der Waals surface area (Å²) in [6.45, 7) is 7.98. The first-order valence-electron chi connectivity index (χ1n) is 8.13. The van der Waals surface area contributed by atoms with Crippen LogP contribution < -0.4 is 10.6 Å². The highest BCUT2D eigenvalue weighted by Gasteiger charge is 2.25. The lowest BCUT2D eigenvalue weighted by atomic mass is 10.0. The Labute approximate surface area is 138 Å². The number of rotatable bonds is 8. The van der Waals surface area contributed by atoms with Crippen molar-refractivity contribution in [3.63, 3.8) is 0 Å². The number of aliphatic hydroxyl groups is 1. The van der Waals surface area contributed by atoms with Crippen LogP contribution in [0.15, 0.2) is 30.3 Å². The predicted octanol–water partition coefficient (Wildman–Crippen LogP) is 1.96. The number of amides is 2. The highest BCUT2D eigenvalue weighted by atomic mass is 16.3. The second-order valence-electron chi connectivity index (χ2n) is 6.59. The van der Waals surface area contributed by atoms with E-state index in [2.05, 4.69) is 10.6 Å². The highest BCUT2D eigenvalue weighted by molar-refractivity contribution is 5.97. The molecule has 0 aliphatic rings. The van der Waals surface area contributed by atoms with Gasteiger partial charge in [-0.2, -0.15) is 0 Å². The van der Waals surface area contributed by atoms with E-state index in [1.807, 2.05) is 33.8 Å². The molecule has 0 aliphatic carbocycles. The fourth-order valence-corrected chi connectivity index (χ4v) is 2.30. The van der Waals surface area contributed by atoms with Crippen LogP contribution in [-0.4, -0.2) is 35.6 Å². The van der Waals surface area contributed by atoms with Crippen LogP contribution in [0.4, 0.5) is 0 Å². The van der Waals surface area contributed by atoms with Gasteiger partial charge in [-0.1, -0.05) is 45.9 Å². The van der Waals surface area contributed by atoms with E-state index in [1.54, 1.807) is 24.3 Å². The van der Waals surface area contributed by atoms with E-state index >= 15 is 0 Å². The van der Waals surface area contributed by atoms with Crippen molar-refractivity contribution in [3.05, 3.63) is 35.9 Å². The van der Waals surface area contributed by atoms with Gasteiger partial charge in [-0.25, -0.2) is 0 Å². The summed E-state index contributed by atoms with van der Waals surface area (Å²) in [6.07, 6.45) is 0.0554. The van der Waals surface area contributed by atoms with Gasteiger partial charge in [-0.05, 0) is 30.4 Å². The van der Waals surface area contributed by atoms with E-state index in [-0.39, 0.29) is 24.3 Å². The molecule has 0 saturated heterocycles. The molecule has 0 saturated carbocycles. The molecule has 0 aromatic heterocycles. The van der Waals surface area contributed by atoms with Crippen molar-refractivity contribution in [3.8, 4) is 0 Å². The zero-order valence-corrected chi connectivity index (χ0v) is 14.4. The van der Waals surface area contributed by atoms with Gasteiger partial charge in [0, 0.05) is 12.1 Å². The second-order valence-corrected chi connectivity index (χ2v) is 6.59. The quantitative estimate of drug-likeness (QED) is 0.685. The van der Waals surface area contributed by atoms with Crippen LogP contribution in [0.3, 0.4) is 0 Å². The molecule has 3 N–H and O–H groups in total. The smallest absolute Gasteiger partial charge is 0.251 e. The molecule has 2 unspecified atom stereocenters. The number of carbonyl (C=O) groups excluding carboxylic acids is 2. The molecule has 5 nitrogen and oxygen atoms in total. The highest BCUT2D eigenvalue weighted by Crippen LogP contribution is 2.07. The van der Waals surface area contributed by atoms with Gasteiger partial charge in [-0.3, -0.25) is 9.59 Å². The first-order valence-corrected chi connectivity index (χ1v) is 8.13. The van der Waals surface area contributed by atoms with Crippen molar-refractivity contribution in [1.82, 2.24) is 10.6 Å². The molecule has 0 aliphatic heterocycles. The Morgan fingerprint density at radius 2 is 1.70 bits per heavy atom. The largest absolute Gasteiger partial charge is 0.391 e. The summed E-state index contributed by atoms with van der Waals surface area (Å²) in [4.78, 5) is 24.5. The molecule has 23 heavy (non-hydrogen) atoms. The maximum absolute atomic E-state index is 12.3. The third kappa shape index (κ3) is 6.82. The topological polar surface area (TPSA) is 78.4 Å². The van der Waals surface area contributed by atoms with Gasteiger partial charge in [0.25, 0.3) is 5.91 Å². The van der Waals surface area contributed by atoms with Gasteiger partial charge in [0.1, 0.15) is 6.04 Å². The van der Waals surface area contributed by atoms with Crippen LogP contribution in [0.25, 0.3) is 0 Å². The molecule has 128 valence electrons. The van der Waals surface area contributed by atoms with Crippen molar-refractivity contribution in [1.29, 1.82) is 0 Å². The van der Waals surface area contributed by atoms with Gasteiger partial charge < -0.3 is 15.7 Å². The second kappa shape index (κ2) is 9.30. The molecule has 2 atom stereocenters. The van der Waals surface area contributed by atoms with Gasteiger partial charge in [0.15, 0.2) is 0 Å². The zero-order valence-electron chi connectivity index (χ0n) is 14.4. The van der Waals surface area contributed by atoms with E-state index in [1.165, 1.54) is 0 Å². The Kier molecular flexibility index (Phi) is 7.75. The summed E-state index contributed by atoms with van der Waals surface area (Å²) >= 11 is 0. The van der Waals surface area contributed by atoms with Crippen molar-refractivity contribution in [2.75, 3.05) is 6.54 Å². The molecule has 1 aromatic carbocycles. The SMILES string of the molecule is CC(C)CC(O)CNC(=O)C(NC(=O)c1ccccc1)C(C)C. The summed E-state index contributed by atoms with van der Waals surface area (Å²) in [5.74, 6) is -0.236. The molecule has 0 spiro atoms. The Bertz CT molecular complexity index is 500. The number of benzene rings is 1. The normalized spacial score (nSPS) is 13.7. The Hall–Kier alpha value is -1.88. The summed E-state index contributed by atoms with van der Waals surface area (Å²) in [5.41, 5.74) is 0.519. The Balaban J connectivity index is 2.60. The van der Waals surface area contributed by atoms with Gasteiger partial charge in [-0.15, -0.1) is 0 Å². The van der Waals surface area contributed by atoms with Crippen LogP contribution in [0.2, 0.25) is 0 Å². The first-order chi connectivity index (χ1) is 10.8. The maximum Gasteiger partial charge on any atom is 0.251 e. The third-order valence-corrected chi connectivity index (χ3v) is 3.53. The first kappa shape index (κ1) is 19.2. The number of hydrogen-bond acceptors (Lipinski definition) is 3. The van der Waals surface area contributed by atoms with Crippen molar-refractivity contribution >= 4 is 11.8 Å². The number of aliphatic hydroxyl groups excluding tert-OH is 1. The average molecular weight is 320 g/mol. The van der Waals surface area contributed by atoms with Gasteiger partial charge in [0.05, 0.1) is 6.10 Å². The standard InChI is InChI=1S/C18H28N2O3/c1-12(2)10-15(21)11-19-18(23)16(13(3)4)20-17(22)14-8-6-5-7-9-14/h5-9,12-13,15-16,21H,10-11H2,1-4H3,(H,19,23)(H,20,22). The molecule has 5 heteroatoms. The number of nitrogens with one attached hydrogen (secondary N) is 2. The van der Waals surface area contributed by atoms with Crippen LogP contribution >= 0.6 is 0 Å². The lowest BCUT2D eigenvalue weighted by Crippen LogP contribution is -2.51. The number of hydrogen-bond donors (Lipinski definition) is 3. The summed E-state index contributed by atoms with van der Waals surface area (Å²) in [5, 5.41) is 15.3. The summed E-state index contributed by atoms with van der Waals surface area (Å²) in [6, 6.07) is 8.17. The van der Waals surface area contributed by atoms with Gasteiger partial charge >= 0.3 is 0 Å². The molecule has 1 rings (SSSR count). The number of carbonyl (C=O) groups is 2. The molecule has 0 bridgehead atoms. The van der Waals surface area contributed by atoms with Crippen molar-refractivity contribution < 1.29 is 14.7 Å². The van der Waals surface area contributed by atoms with E-state index < -0.39 is 12.1 Å².